The average molecular weight is 511 g/mol. The number of nitrogens with one attached hydrogen (secondary N) is 4. The number of nitrogens with zero attached hydrogens (tertiary/aromatic N) is 2. The van der Waals surface area contributed by atoms with Crippen LogP contribution in [0.3, 0.4) is 0 Å². The lowest BCUT2D eigenvalue weighted by atomic mass is 9.93. The van der Waals surface area contributed by atoms with E-state index in [1.54, 1.807) is 19.2 Å². The number of fused-ring (bicyclic) bond motifs is 1. The molecular weight excluding hydrogens is 480 g/mol. The Balaban J connectivity index is 1.80. The third-order valence-electron chi connectivity index (χ3n) is 6.15. The van der Waals surface area contributed by atoms with Crippen molar-refractivity contribution in [1.29, 1.82) is 5.26 Å². The topological polar surface area (TPSA) is 148 Å². The Kier molecular flexibility index (Phi) is 9.17. The fourth-order valence-corrected chi connectivity index (χ4v) is 4.47. The minimum atomic E-state index is -1.00. The van der Waals surface area contributed by atoms with Crippen LogP contribution >= 0.6 is 12.2 Å². The van der Waals surface area contributed by atoms with Crippen molar-refractivity contribution in [2.45, 2.75) is 51.2 Å². The van der Waals surface area contributed by atoms with Crippen molar-refractivity contribution in [2.24, 2.45) is 16.8 Å². The largest absolute Gasteiger partial charge is 0.496 e. The Bertz CT molecular complexity index is 1210. The van der Waals surface area contributed by atoms with Crippen LogP contribution in [0.5, 0.6) is 5.75 Å². The second-order valence-electron chi connectivity index (χ2n) is 9.18. The van der Waals surface area contributed by atoms with Crippen molar-refractivity contribution in [2.75, 3.05) is 13.7 Å². The number of aliphatic imine (C=N–C) groups is 1. The number of aromatic amines is 1. The predicted octanol–water partition coefficient (Wildman–Crippen LogP) is 2.33. The molecule has 10 nitrogen and oxygen atoms in total. The number of aromatic nitrogens is 1. The van der Waals surface area contributed by atoms with E-state index in [9.17, 15) is 19.6 Å². The quantitative estimate of drug-likeness (QED) is 0.269. The number of H-pyrrole nitrogens is 1. The highest BCUT2D eigenvalue weighted by atomic mass is 32.1. The minimum Gasteiger partial charge on any atom is -0.496 e. The Morgan fingerprint density at radius 2 is 2.11 bits per heavy atom. The van der Waals surface area contributed by atoms with Crippen LogP contribution in [0.4, 0.5) is 0 Å². The lowest BCUT2D eigenvalue weighted by Crippen LogP contribution is -2.53. The van der Waals surface area contributed by atoms with Gasteiger partial charge in [-0.25, -0.2) is 4.99 Å². The fraction of sp³-hybridized carbons (Fsp3) is 0.480. The maximum atomic E-state index is 13.4. The molecule has 4 N–H and O–H groups in total. The molecule has 2 aromatic rings. The van der Waals surface area contributed by atoms with Crippen LogP contribution in [-0.4, -0.2) is 59.6 Å². The smallest absolute Gasteiger partial charge is 0.268 e. The standard InChI is InChI=1S/C25H30N6O4S/c1-14(2)9-19(31-25(34)20-11-16-17(29-20)5-4-6-22(16)35-3)24(33)30-18(21(12-26)28-13-36)10-15-7-8-27-23(15)32/h4-6,11,14-15,18-19,21,29H,7-10H2,1-3H3,(H,27,32)(H,30,33)(H,31,34)/t15-,18-,19-,21?/m0/s1. The molecule has 4 atom stereocenters. The van der Waals surface area contributed by atoms with Gasteiger partial charge < -0.3 is 25.7 Å². The molecular formula is C25H30N6O4S. The molecule has 11 heteroatoms. The number of carbonyl (C=O) groups excluding carboxylic acids is 3. The maximum Gasteiger partial charge on any atom is 0.268 e. The SMILES string of the molecule is COc1cccc2[nH]c(C(=O)N[C@@H](CC(C)C)C(=O)N[C@@H](C[C@@H]3CCNC3=O)C(C#N)N=C=S)cc12. The van der Waals surface area contributed by atoms with Crippen LogP contribution in [0.1, 0.15) is 43.6 Å². The zero-order valence-electron chi connectivity index (χ0n) is 20.5. The van der Waals surface area contributed by atoms with Gasteiger partial charge in [0.05, 0.1) is 24.4 Å². The zero-order chi connectivity index (χ0) is 26.2. The van der Waals surface area contributed by atoms with Crippen molar-refractivity contribution < 1.29 is 19.1 Å². The van der Waals surface area contributed by atoms with Gasteiger partial charge in [0, 0.05) is 23.4 Å². The molecule has 0 saturated carbocycles. The second kappa shape index (κ2) is 12.3. The zero-order valence-corrected chi connectivity index (χ0v) is 21.3. The van der Waals surface area contributed by atoms with Crippen LogP contribution < -0.4 is 20.7 Å². The molecule has 3 rings (SSSR count). The van der Waals surface area contributed by atoms with Gasteiger partial charge in [-0.05, 0) is 55.6 Å². The third kappa shape index (κ3) is 6.47. The number of isothiocyanates is 1. The molecule has 1 aliphatic heterocycles. The summed E-state index contributed by atoms with van der Waals surface area (Å²) < 4.78 is 5.36. The van der Waals surface area contributed by atoms with E-state index in [1.807, 2.05) is 32.0 Å². The number of benzene rings is 1. The first kappa shape index (κ1) is 26.9. The number of ether oxygens (including phenoxy) is 1. The Morgan fingerprint density at radius 1 is 1.33 bits per heavy atom. The molecule has 190 valence electrons. The predicted molar refractivity (Wildman–Crippen MR) is 138 cm³/mol. The van der Waals surface area contributed by atoms with E-state index in [-0.39, 0.29) is 29.9 Å². The van der Waals surface area contributed by atoms with E-state index < -0.39 is 29.9 Å². The van der Waals surface area contributed by atoms with Gasteiger partial charge in [0.15, 0.2) is 6.04 Å². The lowest BCUT2D eigenvalue weighted by Gasteiger charge is -2.26. The monoisotopic (exact) mass is 510 g/mol. The van der Waals surface area contributed by atoms with Gasteiger partial charge in [-0.3, -0.25) is 14.4 Å². The molecule has 1 aromatic carbocycles. The lowest BCUT2D eigenvalue weighted by molar-refractivity contribution is -0.126. The van der Waals surface area contributed by atoms with Gasteiger partial charge >= 0.3 is 0 Å². The number of rotatable bonds is 11. The fourth-order valence-electron chi connectivity index (χ4n) is 4.36. The molecule has 3 amide bonds. The Morgan fingerprint density at radius 3 is 2.72 bits per heavy atom. The number of amides is 3. The number of thiocarbonyl (C=S) groups is 1. The van der Waals surface area contributed by atoms with Crippen LogP contribution in [-0.2, 0) is 9.59 Å². The van der Waals surface area contributed by atoms with E-state index in [2.05, 4.69) is 43.3 Å². The molecule has 0 spiro atoms. The number of methoxy groups -OCH3 is 1. The molecule has 1 saturated heterocycles. The number of hydrogen-bond donors (Lipinski definition) is 4. The highest BCUT2D eigenvalue weighted by Gasteiger charge is 2.34. The number of hydrogen-bond acceptors (Lipinski definition) is 7. The Hall–Kier alpha value is -3.74. The average Bonchev–Trinajstić information content (AvgIpc) is 3.47. The molecule has 1 aliphatic rings. The van der Waals surface area contributed by atoms with E-state index in [0.29, 0.717) is 25.1 Å². The summed E-state index contributed by atoms with van der Waals surface area (Å²) in [5.41, 5.74) is 1.02. The number of nitriles is 1. The molecule has 36 heavy (non-hydrogen) atoms. The highest BCUT2D eigenvalue weighted by molar-refractivity contribution is 7.78. The molecule has 0 bridgehead atoms. The summed E-state index contributed by atoms with van der Waals surface area (Å²) in [6, 6.07) is 6.49. The van der Waals surface area contributed by atoms with E-state index in [1.165, 1.54) is 0 Å². The van der Waals surface area contributed by atoms with Gasteiger partial charge in [0.1, 0.15) is 17.5 Å². The first-order valence-corrected chi connectivity index (χ1v) is 12.2. The summed E-state index contributed by atoms with van der Waals surface area (Å²) in [5, 5.41) is 21.0. The molecule has 1 fully saturated rings. The summed E-state index contributed by atoms with van der Waals surface area (Å²) in [6.45, 7) is 4.42. The van der Waals surface area contributed by atoms with Crippen molar-refractivity contribution in [3.63, 3.8) is 0 Å². The number of carbonyl (C=O) groups is 3. The van der Waals surface area contributed by atoms with Crippen LogP contribution in [0.25, 0.3) is 10.9 Å². The van der Waals surface area contributed by atoms with Crippen LogP contribution in [0, 0.1) is 23.2 Å². The summed E-state index contributed by atoms with van der Waals surface area (Å²) in [7, 11) is 1.55. The Labute approximate surface area is 214 Å². The summed E-state index contributed by atoms with van der Waals surface area (Å²) in [4.78, 5) is 45.5. The first-order valence-electron chi connectivity index (χ1n) is 11.8. The molecule has 0 radical (unpaired) electrons. The summed E-state index contributed by atoms with van der Waals surface area (Å²) >= 11 is 4.67. The molecule has 1 aromatic heterocycles. The van der Waals surface area contributed by atoms with Crippen molar-refractivity contribution >= 4 is 46.0 Å². The minimum absolute atomic E-state index is 0.0914. The first-order chi connectivity index (χ1) is 17.3. The van der Waals surface area contributed by atoms with Gasteiger partial charge in [-0.15, -0.1) is 0 Å². The highest BCUT2D eigenvalue weighted by Crippen LogP contribution is 2.26. The van der Waals surface area contributed by atoms with Crippen molar-refractivity contribution in [1.82, 2.24) is 20.9 Å². The van der Waals surface area contributed by atoms with Gasteiger partial charge in [-0.2, -0.15) is 5.26 Å². The molecule has 1 unspecified atom stereocenters. The van der Waals surface area contributed by atoms with Crippen molar-refractivity contribution in [3.8, 4) is 11.8 Å². The van der Waals surface area contributed by atoms with Crippen LogP contribution in [0.15, 0.2) is 29.3 Å². The normalized spacial score (nSPS) is 17.4. The van der Waals surface area contributed by atoms with Crippen LogP contribution in [0.2, 0.25) is 0 Å². The van der Waals surface area contributed by atoms with E-state index >= 15 is 0 Å². The third-order valence-corrected chi connectivity index (χ3v) is 6.26. The van der Waals surface area contributed by atoms with Gasteiger partial charge in [0.2, 0.25) is 11.8 Å². The van der Waals surface area contributed by atoms with E-state index in [0.717, 1.165) is 10.9 Å². The second-order valence-corrected chi connectivity index (χ2v) is 9.36. The van der Waals surface area contributed by atoms with Gasteiger partial charge in [0.25, 0.3) is 5.91 Å². The molecule has 0 aliphatic carbocycles. The summed E-state index contributed by atoms with van der Waals surface area (Å²) in [6.07, 6.45) is 1.19. The van der Waals surface area contributed by atoms with Crippen molar-refractivity contribution in [3.05, 3.63) is 30.0 Å². The maximum absolute atomic E-state index is 13.4. The van der Waals surface area contributed by atoms with Gasteiger partial charge in [-0.1, -0.05) is 19.9 Å². The summed E-state index contributed by atoms with van der Waals surface area (Å²) in [5.74, 6) is -0.679. The van der Waals surface area contributed by atoms with E-state index in [4.69, 9.17) is 4.74 Å². The molecule has 2 heterocycles.